The summed E-state index contributed by atoms with van der Waals surface area (Å²) in [5.74, 6) is -1.92. The molecule has 0 aromatic rings. The average molecular weight is 142 g/mol. The van der Waals surface area contributed by atoms with Gasteiger partial charge in [-0.2, -0.15) is 0 Å². The molecule has 0 rings (SSSR count). The minimum Gasteiger partial charge on any atom is -0.303 e. The van der Waals surface area contributed by atoms with Crippen LogP contribution in [0, 0.1) is 5.92 Å². The summed E-state index contributed by atoms with van der Waals surface area (Å²) in [6.45, 7) is 0. The largest absolute Gasteiger partial charge is 0.303 e. The molecular weight excluding hydrogens is 136 g/mol. The van der Waals surface area contributed by atoms with Crippen LogP contribution in [0.2, 0.25) is 0 Å². The second-order valence-electron chi connectivity index (χ2n) is 1.67. The van der Waals surface area contributed by atoms with Gasteiger partial charge in [-0.15, -0.1) is 0 Å². The Morgan fingerprint density at radius 2 is 1.90 bits per heavy atom. The van der Waals surface area contributed by atoms with Crippen LogP contribution in [0.25, 0.3) is 0 Å². The smallest absolute Gasteiger partial charge is 0.205 e. The predicted molar refractivity (Wildman–Crippen MR) is 31.3 cm³/mol. The van der Waals surface area contributed by atoms with E-state index in [4.69, 9.17) is 0 Å². The van der Waals surface area contributed by atoms with Crippen LogP contribution in [0.3, 0.4) is 0 Å². The lowest BCUT2D eigenvalue weighted by Gasteiger charge is -1.95. The Hall–Kier alpha value is -1.32. The quantitative estimate of drug-likeness (QED) is 0.285. The molecule has 10 heavy (non-hydrogen) atoms. The first-order chi connectivity index (χ1) is 4.76. The minimum atomic E-state index is -1.07. The third-order valence-electron chi connectivity index (χ3n) is 0.996. The van der Waals surface area contributed by atoms with Gasteiger partial charge < -0.3 is 9.59 Å². The van der Waals surface area contributed by atoms with Gasteiger partial charge in [0.1, 0.15) is 12.6 Å². The molecule has 0 amide bonds. The molecule has 0 aromatic heterocycles. The van der Waals surface area contributed by atoms with Gasteiger partial charge >= 0.3 is 0 Å². The highest BCUT2D eigenvalue weighted by molar-refractivity contribution is 6.29. The summed E-state index contributed by atoms with van der Waals surface area (Å²) < 4.78 is 0. The monoisotopic (exact) mass is 142 g/mol. The number of carbonyl (C=O) groups excluding carboxylic acids is 4. The zero-order valence-corrected chi connectivity index (χ0v) is 5.15. The summed E-state index contributed by atoms with van der Waals surface area (Å²) in [7, 11) is 0. The van der Waals surface area contributed by atoms with Gasteiger partial charge in [0.05, 0.1) is 5.92 Å². The molecule has 0 spiro atoms. The molecule has 0 saturated heterocycles. The summed E-state index contributed by atoms with van der Waals surface area (Å²) in [6.07, 6.45) is 0.565. The fourth-order valence-corrected chi connectivity index (χ4v) is 0.430. The molecule has 0 N–H and O–H groups in total. The molecule has 0 fully saturated rings. The first-order valence-electron chi connectivity index (χ1n) is 2.64. The zero-order chi connectivity index (χ0) is 7.98. The van der Waals surface area contributed by atoms with E-state index in [1.807, 2.05) is 0 Å². The Kier molecular flexibility index (Phi) is 3.95. The van der Waals surface area contributed by atoms with Crippen LogP contribution in [0.4, 0.5) is 0 Å². The molecule has 54 valence electrons. The van der Waals surface area contributed by atoms with E-state index in [1.165, 1.54) is 0 Å². The Bertz CT molecular complexity index is 161. The SMILES string of the molecule is O=CCC(C=O)C(=O)C=O. The third kappa shape index (κ3) is 2.30. The van der Waals surface area contributed by atoms with Crippen molar-refractivity contribution in [1.82, 2.24) is 0 Å². The van der Waals surface area contributed by atoms with Gasteiger partial charge in [0.25, 0.3) is 0 Å². The number of aldehydes is 3. The molecule has 1 unspecified atom stereocenters. The van der Waals surface area contributed by atoms with Gasteiger partial charge in [0.2, 0.25) is 5.78 Å². The van der Waals surface area contributed by atoms with Gasteiger partial charge in [0, 0.05) is 6.42 Å². The Labute approximate surface area is 57.2 Å². The Balaban J connectivity index is 4.04. The molecule has 0 radical (unpaired) electrons. The Morgan fingerprint density at radius 3 is 2.20 bits per heavy atom. The summed E-state index contributed by atoms with van der Waals surface area (Å²) in [5.41, 5.74) is 0. The Morgan fingerprint density at radius 1 is 1.30 bits per heavy atom. The summed E-state index contributed by atoms with van der Waals surface area (Å²) in [6, 6.07) is 0. The van der Waals surface area contributed by atoms with E-state index < -0.39 is 11.7 Å². The van der Waals surface area contributed by atoms with Crippen LogP contribution >= 0.6 is 0 Å². The lowest BCUT2D eigenvalue weighted by molar-refractivity contribution is -0.135. The highest BCUT2D eigenvalue weighted by Gasteiger charge is 2.14. The van der Waals surface area contributed by atoms with Crippen LogP contribution in [0.5, 0.6) is 0 Å². The molecule has 0 aliphatic rings. The minimum absolute atomic E-state index is 0.0442. The molecule has 0 heterocycles. The van der Waals surface area contributed by atoms with E-state index in [2.05, 4.69) is 0 Å². The lowest BCUT2D eigenvalue weighted by Crippen LogP contribution is -2.17. The van der Waals surface area contributed by atoms with Crippen molar-refractivity contribution in [3.8, 4) is 0 Å². The standard InChI is InChI=1S/C6H6O4/c7-2-1-5(3-8)6(10)4-9/h2-5H,1H2. The van der Waals surface area contributed by atoms with Crippen LogP contribution < -0.4 is 0 Å². The van der Waals surface area contributed by atoms with Gasteiger partial charge in [-0.25, -0.2) is 0 Å². The van der Waals surface area contributed by atoms with Crippen molar-refractivity contribution in [1.29, 1.82) is 0 Å². The molecule has 0 saturated carbocycles. The number of hydrogen-bond donors (Lipinski definition) is 0. The third-order valence-corrected chi connectivity index (χ3v) is 0.996. The van der Waals surface area contributed by atoms with E-state index in [0.717, 1.165) is 0 Å². The van der Waals surface area contributed by atoms with Crippen LogP contribution in [0.1, 0.15) is 6.42 Å². The molecule has 0 bridgehead atoms. The first kappa shape index (κ1) is 8.68. The number of hydrogen-bond acceptors (Lipinski definition) is 4. The summed E-state index contributed by atoms with van der Waals surface area (Å²) in [4.78, 5) is 39.9. The zero-order valence-electron chi connectivity index (χ0n) is 5.15. The first-order valence-corrected chi connectivity index (χ1v) is 2.64. The molecule has 4 nitrogen and oxygen atoms in total. The van der Waals surface area contributed by atoms with Crippen LogP contribution in [-0.2, 0) is 19.2 Å². The number of ketones is 1. The van der Waals surface area contributed by atoms with E-state index in [9.17, 15) is 19.2 Å². The number of carbonyl (C=O) groups is 4. The normalized spacial score (nSPS) is 11.6. The lowest BCUT2D eigenvalue weighted by atomic mass is 10.0. The van der Waals surface area contributed by atoms with Gasteiger partial charge in [0.15, 0.2) is 6.29 Å². The fourth-order valence-electron chi connectivity index (χ4n) is 0.430. The van der Waals surface area contributed by atoms with Crippen LogP contribution in [-0.4, -0.2) is 24.6 Å². The maximum atomic E-state index is 10.4. The molecule has 1 atom stereocenters. The van der Waals surface area contributed by atoms with Crippen molar-refractivity contribution in [2.75, 3.05) is 0 Å². The molecule has 0 aliphatic carbocycles. The number of rotatable bonds is 5. The van der Waals surface area contributed by atoms with E-state index in [0.29, 0.717) is 12.6 Å². The van der Waals surface area contributed by atoms with Crippen molar-refractivity contribution in [3.63, 3.8) is 0 Å². The van der Waals surface area contributed by atoms with Crippen molar-refractivity contribution in [3.05, 3.63) is 0 Å². The second-order valence-corrected chi connectivity index (χ2v) is 1.67. The summed E-state index contributed by atoms with van der Waals surface area (Å²) >= 11 is 0. The predicted octanol–water partition coefficient (Wildman–Crippen LogP) is -0.842. The average Bonchev–Trinajstić information content (AvgIpc) is 1.99. The van der Waals surface area contributed by atoms with Crippen molar-refractivity contribution < 1.29 is 19.2 Å². The maximum absolute atomic E-state index is 10.4. The van der Waals surface area contributed by atoms with Crippen LogP contribution in [0.15, 0.2) is 0 Å². The van der Waals surface area contributed by atoms with Crippen molar-refractivity contribution in [2.24, 2.45) is 5.92 Å². The molecule has 0 aromatic carbocycles. The van der Waals surface area contributed by atoms with E-state index >= 15 is 0 Å². The van der Waals surface area contributed by atoms with E-state index in [-0.39, 0.29) is 12.7 Å². The number of Topliss-reactive ketones (excluding diaryl/α,β-unsaturated/α-hetero) is 1. The van der Waals surface area contributed by atoms with Gasteiger partial charge in [-0.3, -0.25) is 9.59 Å². The molecular formula is C6H6O4. The highest BCUT2D eigenvalue weighted by atomic mass is 16.2. The van der Waals surface area contributed by atoms with Crippen molar-refractivity contribution in [2.45, 2.75) is 6.42 Å². The van der Waals surface area contributed by atoms with Crippen molar-refractivity contribution >= 4 is 24.6 Å². The van der Waals surface area contributed by atoms with E-state index in [1.54, 1.807) is 0 Å². The van der Waals surface area contributed by atoms with Gasteiger partial charge in [-0.05, 0) is 0 Å². The van der Waals surface area contributed by atoms with Gasteiger partial charge in [-0.1, -0.05) is 0 Å². The highest BCUT2D eigenvalue weighted by Crippen LogP contribution is 1.95. The maximum Gasteiger partial charge on any atom is 0.205 e. The fraction of sp³-hybridized carbons (Fsp3) is 0.333. The molecule has 0 aliphatic heterocycles. The summed E-state index contributed by atoms with van der Waals surface area (Å²) in [5, 5.41) is 0. The molecule has 4 heteroatoms. The topological polar surface area (TPSA) is 68.3 Å². The second kappa shape index (κ2) is 4.55.